The second kappa shape index (κ2) is 15.8. The van der Waals surface area contributed by atoms with Gasteiger partial charge in [-0.15, -0.1) is 11.3 Å². The van der Waals surface area contributed by atoms with Crippen LogP contribution in [0.2, 0.25) is 0 Å². The lowest BCUT2D eigenvalue weighted by Crippen LogP contribution is -1.92. The highest BCUT2D eigenvalue weighted by molar-refractivity contribution is 7.21. The lowest BCUT2D eigenvalue weighted by molar-refractivity contribution is 1.32. The Balaban J connectivity index is 0.956. The van der Waals surface area contributed by atoms with E-state index in [1.807, 2.05) is 12.1 Å². The Morgan fingerprint density at radius 1 is 0.295 bits per heavy atom. The fraction of sp³-hybridized carbons (Fsp3) is 0. The van der Waals surface area contributed by atoms with Gasteiger partial charge < -0.3 is 0 Å². The van der Waals surface area contributed by atoms with Crippen LogP contribution in [0, 0.1) is 0 Å². The van der Waals surface area contributed by atoms with Gasteiger partial charge in [-0.3, -0.25) is 0 Å². The Morgan fingerprint density at radius 2 is 0.803 bits per heavy atom. The number of rotatable bonds is 8. The monoisotopic (exact) mass is 794 g/mol. The molecule has 11 aromatic rings. The average Bonchev–Trinajstić information content (AvgIpc) is 3.78. The molecule has 0 spiro atoms. The van der Waals surface area contributed by atoms with E-state index >= 15 is 0 Å². The van der Waals surface area contributed by atoms with E-state index in [2.05, 4.69) is 218 Å². The molecule has 0 fully saturated rings. The van der Waals surface area contributed by atoms with Crippen molar-refractivity contribution in [2.75, 3.05) is 0 Å². The molecule has 0 saturated heterocycles. The third kappa shape index (κ3) is 7.22. The lowest BCUT2D eigenvalue weighted by Gasteiger charge is -2.16. The summed E-state index contributed by atoms with van der Waals surface area (Å²) in [5.74, 6) is 0. The number of fused-ring (bicyclic) bond motifs is 2. The van der Waals surface area contributed by atoms with E-state index in [1.165, 1.54) is 60.0 Å². The van der Waals surface area contributed by atoms with Crippen molar-refractivity contribution in [1.82, 2.24) is 9.97 Å². The maximum absolute atomic E-state index is 5.11. The van der Waals surface area contributed by atoms with E-state index in [1.54, 1.807) is 11.3 Å². The molecule has 0 aliphatic carbocycles. The summed E-state index contributed by atoms with van der Waals surface area (Å²) >= 11 is 1.75. The SMILES string of the molecule is c1ccc(-c2cccc(-c3nc4ccc(-c5cccc(-c6ccc7ccccc7c6-c6ccc(-c7cc(-c8ccccc8)nc(-c8ccccc8)c7)cc6)c5)cc4s3)c2)cc1. The third-order valence-corrected chi connectivity index (χ3v) is 12.6. The molecule has 11 rings (SSSR count). The van der Waals surface area contributed by atoms with Crippen LogP contribution in [0.3, 0.4) is 0 Å². The van der Waals surface area contributed by atoms with Crippen molar-refractivity contribution < 1.29 is 0 Å². The van der Waals surface area contributed by atoms with Crippen LogP contribution in [0.5, 0.6) is 0 Å². The molecule has 0 saturated carbocycles. The third-order valence-electron chi connectivity index (χ3n) is 11.5. The van der Waals surface area contributed by atoms with Gasteiger partial charge in [0, 0.05) is 16.7 Å². The zero-order valence-corrected chi connectivity index (χ0v) is 34.1. The summed E-state index contributed by atoms with van der Waals surface area (Å²) in [6, 6.07) is 82.5. The molecule has 0 radical (unpaired) electrons. The minimum absolute atomic E-state index is 0.959. The maximum Gasteiger partial charge on any atom is 0.124 e. The molecule has 0 aliphatic rings. The van der Waals surface area contributed by atoms with Gasteiger partial charge in [0.2, 0.25) is 0 Å². The summed E-state index contributed by atoms with van der Waals surface area (Å²) in [6.07, 6.45) is 0. The van der Waals surface area contributed by atoms with Crippen molar-refractivity contribution in [3.63, 3.8) is 0 Å². The van der Waals surface area contributed by atoms with E-state index < -0.39 is 0 Å². The Labute approximate surface area is 359 Å². The van der Waals surface area contributed by atoms with Crippen LogP contribution in [0.15, 0.2) is 231 Å². The van der Waals surface area contributed by atoms with E-state index in [0.29, 0.717) is 0 Å². The topological polar surface area (TPSA) is 25.8 Å². The standard InChI is InChI=1S/C58H38N2S/c1-4-14-39(15-5-1)45-21-13-24-49(35-45)58-60-53-33-31-47(38-56(53)61-58)46-22-12-23-48(34-46)52-32-30-41-16-10-11-25-51(41)57(52)44-28-26-40(27-29-44)50-36-54(42-17-6-2-7-18-42)59-55(37-50)43-19-8-3-9-20-43/h1-38H. The molecule has 0 N–H and O–H groups in total. The molecule has 61 heavy (non-hydrogen) atoms. The molecule has 286 valence electrons. The van der Waals surface area contributed by atoms with Crippen LogP contribution >= 0.6 is 11.3 Å². The fourth-order valence-electron chi connectivity index (χ4n) is 8.42. The quantitative estimate of drug-likeness (QED) is 0.153. The van der Waals surface area contributed by atoms with Crippen molar-refractivity contribution in [3.8, 4) is 88.7 Å². The molecule has 3 heteroatoms. The lowest BCUT2D eigenvalue weighted by atomic mass is 9.88. The normalized spacial score (nSPS) is 11.3. The van der Waals surface area contributed by atoms with Gasteiger partial charge in [-0.25, -0.2) is 9.97 Å². The number of benzene rings is 9. The summed E-state index contributed by atoms with van der Waals surface area (Å²) in [7, 11) is 0. The highest BCUT2D eigenvalue weighted by atomic mass is 32.1. The molecule has 0 atom stereocenters. The number of pyridine rings is 1. The zero-order valence-electron chi connectivity index (χ0n) is 33.2. The number of hydrogen-bond acceptors (Lipinski definition) is 3. The predicted molar refractivity (Wildman–Crippen MR) is 258 cm³/mol. The minimum atomic E-state index is 0.959. The van der Waals surface area contributed by atoms with Gasteiger partial charge in [-0.05, 0) is 103 Å². The first-order valence-electron chi connectivity index (χ1n) is 20.6. The molecule has 2 nitrogen and oxygen atoms in total. The molecular weight excluding hydrogens is 757 g/mol. The first-order valence-corrected chi connectivity index (χ1v) is 21.4. The van der Waals surface area contributed by atoms with Gasteiger partial charge in [-0.1, -0.05) is 194 Å². The summed E-state index contributed by atoms with van der Waals surface area (Å²) in [5.41, 5.74) is 18.1. The number of nitrogens with zero attached hydrogens (tertiary/aromatic N) is 2. The predicted octanol–water partition coefficient (Wildman–Crippen LogP) is 16.2. The molecule has 9 aromatic carbocycles. The maximum atomic E-state index is 5.11. The van der Waals surface area contributed by atoms with Crippen LogP contribution in [-0.2, 0) is 0 Å². The summed E-state index contributed by atoms with van der Waals surface area (Å²) in [6.45, 7) is 0. The van der Waals surface area contributed by atoms with Gasteiger partial charge in [-0.2, -0.15) is 0 Å². The second-order valence-corrected chi connectivity index (χ2v) is 16.4. The van der Waals surface area contributed by atoms with Gasteiger partial charge >= 0.3 is 0 Å². The minimum Gasteiger partial charge on any atom is -0.248 e. The second-order valence-electron chi connectivity index (χ2n) is 15.4. The van der Waals surface area contributed by atoms with Gasteiger partial charge in [0.15, 0.2) is 0 Å². The van der Waals surface area contributed by atoms with Crippen molar-refractivity contribution in [1.29, 1.82) is 0 Å². The molecule has 0 bridgehead atoms. The fourth-order valence-corrected chi connectivity index (χ4v) is 9.42. The summed E-state index contributed by atoms with van der Waals surface area (Å²) in [4.78, 5) is 10.2. The number of thiazole rings is 1. The van der Waals surface area contributed by atoms with Crippen LogP contribution in [0.4, 0.5) is 0 Å². The van der Waals surface area contributed by atoms with Gasteiger partial charge in [0.1, 0.15) is 5.01 Å². The van der Waals surface area contributed by atoms with Crippen molar-refractivity contribution in [2.24, 2.45) is 0 Å². The zero-order chi connectivity index (χ0) is 40.5. The van der Waals surface area contributed by atoms with Crippen molar-refractivity contribution in [2.45, 2.75) is 0 Å². The molecule has 0 unspecified atom stereocenters. The van der Waals surface area contributed by atoms with Crippen LogP contribution in [-0.4, -0.2) is 9.97 Å². The first-order chi connectivity index (χ1) is 30.2. The van der Waals surface area contributed by atoms with Crippen molar-refractivity contribution in [3.05, 3.63) is 231 Å². The van der Waals surface area contributed by atoms with Crippen LogP contribution < -0.4 is 0 Å². The van der Waals surface area contributed by atoms with Crippen molar-refractivity contribution >= 4 is 32.3 Å². The van der Waals surface area contributed by atoms with E-state index in [0.717, 1.165) is 49.7 Å². The van der Waals surface area contributed by atoms with Gasteiger partial charge in [0.05, 0.1) is 21.6 Å². The van der Waals surface area contributed by atoms with Crippen LogP contribution in [0.1, 0.15) is 0 Å². The number of hydrogen-bond donors (Lipinski definition) is 0. The van der Waals surface area contributed by atoms with E-state index in [4.69, 9.17) is 9.97 Å². The van der Waals surface area contributed by atoms with E-state index in [9.17, 15) is 0 Å². The van der Waals surface area contributed by atoms with E-state index in [-0.39, 0.29) is 0 Å². The molecule has 0 aliphatic heterocycles. The largest absolute Gasteiger partial charge is 0.248 e. The smallest absolute Gasteiger partial charge is 0.124 e. The highest BCUT2D eigenvalue weighted by Crippen LogP contribution is 2.41. The molecule has 0 amide bonds. The number of aromatic nitrogens is 2. The average molecular weight is 795 g/mol. The molecule has 2 heterocycles. The first kappa shape index (κ1) is 36.4. The Morgan fingerprint density at radius 3 is 1.51 bits per heavy atom. The Bertz CT molecular complexity index is 3280. The summed E-state index contributed by atoms with van der Waals surface area (Å²) in [5, 5.41) is 3.48. The molecule has 2 aromatic heterocycles. The Hall–Kier alpha value is -7.72. The summed E-state index contributed by atoms with van der Waals surface area (Å²) < 4.78 is 1.18. The van der Waals surface area contributed by atoms with Gasteiger partial charge in [0.25, 0.3) is 0 Å². The van der Waals surface area contributed by atoms with Crippen LogP contribution in [0.25, 0.3) is 110 Å². The highest BCUT2D eigenvalue weighted by Gasteiger charge is 2.16. The molecular formula is C58H38N2S. The Kier molecular flexibility index (Phi) is 9.42.